The van der Waals surface area contributed by atoms with Gasteiger partial charge in [-0.2, -0.15) is 0 Å². The van der Waals surface area contributed by atoms with Crippen LogP contribution in [0.25, 0.3) is 6.08 Å². The molecule has 1 heterocycles. The first kappa shape index (κ1) is 34.9. The number of aromatic nitrogens is 2. The number of rotatable bonds is 12. The minimum atomic E-state index is -1.28. The molecule has 1 N–H and O–H groups in total. The fourth-order valence-corrected chi connectivity index (χ4v) is 5.75. The second kappa shape index (κ2) is 18.3. The summed E-state index contributed by atoms with van der Waals surface area (Å²) in [6.07, 6.45) is 17.3. The predicted molar refractivity (Wildman–Crippen MR) is 173 cm³/mol. The fraction of sp³-hybridized carbons (Fsp3) is 0.387. The van der Waals surface area contributed by atoms with E-state index in [0.717, 1.165) is 41.5 Å². The lowest BCUT2D eigenvalue weighted by molar-refractivity contribution is -0.116. The van der Waals surface area contributed by atoms with Gasteiger partial charge >= 0.3 is 5.69 Å². The van der Waals surface area contributed by atoms with Gasteiger partial charge in [-0.3, -0.25) is 18.7 Å². The smallest absolute Gasteiger partial charge is 0.331 e. The summed E-state index contributed by atoms with van der Waals surface area (Å²) in [7, 11) is 5.41. The van der Waals surface area contributed by atoms with Crippen molar-refractivity contribution in [3.63, 3.8) is 0 Å². The molecule has 0 bridgehead atoms. The number of hydrogen-bond donors (Lipinski definition) is 1. The molecule has 0 fully saturated rings. The van der Waals surface area contributed by atoms with E-state index in [4.69, 9.17) is 0 Å². The molecule has 0 saturated heterocycles. The van der Waals surface area contributed by atoms with Gasteiger partial charge in [-0.15, -0.1) is 11.8 Å². The number of hydrogen-bond acceptors (Lipinski definition) is 6. The third-order valence-corrected chi connectivity index (χ3v) is 8.54. The molecule has 0 aliphatic heterocycles. The van der Waals surface area contributed by atoms with Crippen LogP contribution < -0.4 is 16.6 Å². The molecule has 1 aliphatic rings. The Morgan fingerprint density at radius 3 is 2.52 bits per heavy atom. The lowest BCUT2D eigenvalue weighted by Gasteiger charge is -2.16. The van der Waals surface area contributed by atoms with Crippen molar-refractivity contribution < 1.29 is 13.7 Å². The first-order valence-corrected chi connectivity index (χ1v) is 16.0. The number of ether oxygens (including phenoxy) is 1. The van der Waals surface area contributed by atoms with E-state index in [-0.39, 0.29) is 18.0 Å². The van der Waals surface area contributed by atoms with E-state index in [9.17, 15) is 18.6 Å². The number of carbonyl (C=O) groups is 1. The van der Waals surface area contributed by atoms with Gasteiger partial charge < -0.3 is 10.1 Å². The van der Waals surface area contributed by atoms with Crippen LogP contribution in [-0.4, -0.2) is 64.2 Å². The highest BCUT2D eigenvalue weighted by Gasteiger charge is 2.16. The summed E-state index contributed by atoms with van der Waals surface area (Å²) < 4.78 is 21.4. The largest absolute Gasteiger partial charge is 0.388 e. The average Bonchev–Trinajstić information content (AvgIpc) is 3.27. The number of nitrogens with zero attached hydrogens (tertiary/aromatic N) is 3. The van der Waals surface area contributed by atoms with E-state index < -0.39 is 22.2 Å². The summed E-state index contributed by atoms with van der Waals surface area (Å²) in [4.78, 5) is 39.7. The molecule has 1 amide bonds. The molecule has 1 aromatic heterocycles. The molecule has 1 atom stereocenters. The molecule has 0 radical (unpaired) electrons. The molecule has 1 aromatic carbocycles. The summed E-state index contributed by atoms with van der Waals surface area (Å²) in [5.41, 5.74) is 1.08. The normalized spacial score (nSPS) is 13.5. The first-order chi connectivity index (χ1) is 20.2. The van der Waals surface area contributed by atoms with Crippen molar-refractivity contribution in [2.45, 2.75) is 42.7 Å². The van der Waals surface area contributed by atoms with E-state index in [2.05, 4.69) is 17.0 Å². The van der Waals surface area contributed by atoms with Crippen LogP contribution >= 0.6 is 11.8 Å². The van der Waals surface area contributed by atoms with Crippen LogP contribution in [0.5, 0.6) is 0 Å². The van der Waals surface area contributed by atoms with Crippen LogP contribution in [0.1, 0.15) is 37.3 Å². The SMILES string of the molecule is CCCCN(C)S(=O)c1ccc(Cn2c(=O)c(/C=C/C(=O)NCC3=CCC=CC=C3)c(SC)n(C)c2=O)cc1.COC. The monoisotopic (exact) mass is 614 g/mol. The summed E-state index contributed by atoms with van der Waals surface area (Å²) in [5.74, 6) is -0.333. The van der Waals surface area contributed by atoms with Gasteiger partial charge in [0.25, 0.3) is 5.56 Å². The van der Waals surface area contributed by atoms with Gasteiger partial charge in [-0.1, -0.05) is 55.9 Å². The molecule has 42 heavy (non-hydrogen) atoms. The van der Waals surface area contributed by atoms with Crippen LogP contribution in [-0.2, 0) is 34.1 Å². The second-order valence-electron chi connectivity index (χ2n) is 9.52. The van der Waals surface area contributed by atoms with E-state index in [1.54, 1.807) is 56.1 Å². The van der Waals surface area contributed by atoms with Crippen LogP contribution in [0.2, 0.25) is 0 Å². The van der Waals surface area contributed by atoms with Crippen LogP contribution in [0.15, 0.2) is 85.8 Å². The molecule has 228 valence electrons. The zero-order valence-electron chi connectivity index (χ0n) is 25.3. The predicted octanol–water partition coefficient (Wildman–Crippen LogP) is 3.91. The van der Waals surface area contributed by atoms with Crippen molar-refractivity contribution >= 4 is 34.7 Å². The average molecular weight is 615 g/mol. The summed E-state index contributed by atoms with van der Waals surface area (Å²) in [6.45, 7) is 3.26. The fourth-order valence-electron chi connectivity index (χ4n) is 4.00. The van der Waals surface area contributed by atoms with E-state index in [1.807, 2.05) is 37.4 Å². The van der Waals surface area contributed by atoms with Crippen molar-refractivity contribution in [2.75, 3.05) is 40.6 Å². The maximum atomic E-state index is 13.4. The van der Waals surface area contributed by atoms with Crippen molar-refractivity contribution in [2.24, 2.45) is 7.05 Å². The van der Waals surface area contributed by atoms with Crippen LogP contribution in [0.4, 0.5) is 0 Å². The van der Waals surface area contributed by atoms with Crippen molar-refractivity contribution in [1.82, 2.24) is 18.8 Å². The van der Waals surface area contributed by atoms with Crippen LogP contribution in [0.3, 0.4) is 0 Å². The molecular weight excluding hydrogens is 572 g/mol. The third-order valence-electron chi connectivity index (χ3n) is 6.24. The number of amides is 1. The van der Waals surface area contributed by atoms with Crippen molar-refractivity contribution in [3.05, 3.63) is 98.3 Å². The van der Waals surface area contributed by atoms with Gasteiger partial charge in [0.05, 0.1) is 22.0 Å². The maximum Gasteiger partial charge on any atom is 0.331 e. The van der Waals surface area contributed by atoms with Gasteiger partial charge in [0.15, 0.2) is 0 Å². The quantitative estimate of drug-likeness (QED) is 0.221. The van der Waals surface area contributed by atoms with E-state index in [1.165, 1.54) is 28.5 Å². The van der Waals surface area contributed by atoms with Crippen molar-refractivity contribution in [1.29, 1.82) is 0 Å². The molecular formula is C31H42N4O5S2. The minimum absolute atomic E-state index is 0.0559. The number of thioether (sulfide) groups is 1. The number of methoxy groups -OCH3 is 1. The number of carbonyl (C=O) groups excluding carboxylic acids is 1. The van der Waals surface area contributed by atoms with E-state index in [0.29, 0.717) is 16.5 Å². The summed E-state index contributed by atoms with van der Waals surface area (Å²) in [6, 6.07) is 7.09. The third kappa shape index (κ3) is 10.2. The molecule has 9 nitrogen and oxygen atoms in total. The topological polar surface area (TPSA) is 103 Å². The summed E-state index contributed by atoms with van der Waals surface area (Å²) in [5, 5.41) is 3.31. The molecule has 1 aliphatic carbocycles. The van der Waals surface area contributed by atoms with Gasteiger partial charge in [0.1, 0.15) is 11.0 Å². The minimum Gasteiger partial charge on any atom is -0.388 e. The number of nitrogens with one attached hydrogen (secondary N) is 1. The van der Waals surface area contributed by atoms with Gasteiger partial charge in [-0.05, 0) is 48.4 Å². The molecule has 3 rings (SSSR count). The van der Waals surface area contributed by atoms with Gasteiger partial charge in [0.2, 0.25) is 5.91 Å². The van der Waals surface area contributed by atoms with E-state index >= 15 is 0 Å². The molecule has 0 spiro atoms. The van der Waals surface area contributed by atoms with Crippen molar-refractivity contribution in [3.8, 4) is 0 Å². The molecule has 2 aromatic rings. The second-order valence-corrected chi connectivity index (χ2v) is 11.9. The Hall–Kier alpha value is -3.25. The lowest BCUT2D eigenvalue weighted by Crippen LogP contribution is -2.41. The number of benzene rings is 1. The maximum absolute atomic E-state index is 13.4. The highest BCUT2D eigenvalue weighted by molar-refractivity contribution is 7.98. The Balaban J connectivity index is 0.00000197. The standard InChI is InChI=1S/C29H36N4O4S2.C2H6O/c1-5-6-19-31(2)39(37)24-15-13-23(14-16-24)21-33-27(35)25(28(38-4)32(3)29(33)36)17-18-26(34)30-20-22-11-9-7-8-10-12-22;1-3-2/h7-9,11-18H,5-6,10,19-21H2,1-4H3,(H,30,34);1-2H3/b18-17+;. The Bertz CT molecular complexity index is 1450. The zero-order chi connectivity index (χ0) is 31.1. The Morgan fingerprint density at radius 2 is 1.88 bits per heavy atom. The van der Waals surface area contributed by atoms with Gasteiger partial charge in [0, 0.05) is 47.5 Å². The lowest BCUT2D eigenvalue weighted by atomic mass is 10.2. The van der Waals surface area contributed by atoms with Gasteiger partial charge in [-0.25, -0.2) is 13.3 Å². The molecule has 0 saturated carbocycles. The Morgan fingerprint density at radius 1 is 1.19 bits per heavy atom. The highest BCUT2D eigenvalue weighted by Crippen LogP contribution is 2.17. The molecule has 1 unspecified atom stereocenters. The number of allylic oxidation sites excluding steroid dienone is 4. The molecule has 11 heteroatoms. The Labute approximate surface area is 255 Å². The van der Waals surface area contributed by atoms with Crippen LogP contribution in [0, 0.1) is 0 Å². The number of unbranched alkanes of at least 4 members (excludes halogenated alkanes) is 1. The Kier molecular flexibility index (Phi) is 15.2. The summed E-state index contributed by atoms with van der Waals surface area (Å²) >= 11 is 1.27. The highest BCUT2D eigenvalue weighted by atomic mass is 32.2. The first-order valence-electron chi connectivity index (χ1n) is 13.7. The zero-order valence-corrected chi connectivity index (χ0v) is 26.9.